The van der Waals surface area contributed by atoms with Gasteiger partial charge in [0, 0.05) is 11.8 Å². The highest BCUT2D eigenvalue weighted by atomic mass is 15.1. The molecule has 2 fully saturated rings. The van der Waals surface area contributed by atoms with Crippen molar-refractivity contribution in [3.63, 3.8) is 0 Å². The largest absolute Gasteiger partial charge is 0.334 e. The van der Waals surface area contributed by atoms with Crippen molar-refractivity contribution in [3.8, 4) is 0 Å². The zero-order valence-corrected chi connectivity index (χ0v) is 8.47. The number of likely N-dealkylation sites (tertiary alicyclic amines) is 1. The van der Waals surface area contributed by atoms with Crippen LogP contribution in [0.15, 0.2) is 0 Å². The highest BCUT2D eigenvalue weighted by molar-refractivity contribution is 4.81. The Morgan fingerprint density at radius 2 is 1.83 bits per heavy atom. The summed E-state index contributed by atoms with van der Waals surface area (Å²) in [5.41, 5.74) is 0. The monoisotopic (exact) mass is 168 g/mol. The fraction of sp³-hybridized carbons (Fsp3) is 1.00. The number of hydrogen-bond acceptors (Lipinski definition) is 0. The highest BCUT2D eigenvalue weighted by Gasteiger charge is 2.38. The maximum Gasteiger partial charge on any atom is 0.0926 e. The quantitative estimate of drug-likeness (QED) is 0.552. The Morgan fingerprint density at radius 3 is 2.58 bits per heavy atom. The number of nitrogens with one attached hydrogen (secondary N) is 1. The molecule has 2 aliphatic rings. The van der Waals surface area contributed by atoms with Crippen LogP contribution in [0.25, 0.3) is 0 Å². The molecule has 0 aromatic carbocycles. The normalized spacial score (nSPS) is 48.5. The van der Waals surface area contributed by atoms with Crippen molar-refractivity contribution < 1.29 is 4.90 Å². The lowest BCUT2D eigenvalue weighted by molar-refractivity contribution is -0.921. The summed E-state index contributed by atoms with van der Waals surface area (Å²) in [4.78, 5) is 1.82. The first kappa shape index (κ1) is 8.55. The van der Waals surface area contributed by atoms with E-state index in [9.17, 15) is 0 Å². The predicted octanol–water partition coefficient (Wildman–Crippen LogP) is 1.10. The van der Waals surface area contributed by atoms with E-state index >= 15 is 0 Å². The number of fused-ring (bicyclic) bond motifs is 1. The summed E-state index contributed by atoms with van der Waals surface area (Å²) in [6.45, 7) is 3.89. The smallest absolute Gasteiger partial charge is 0.0926 e. The number of quaternary nitrogens is 1. The first-order chi connectivity index (χ1) is 5.79. The molecule has 1 nitrogen and oxygen atoms in total. The Morgan fingerprint density at radius 1 is 1.08 bits per heavy atom. The van der Waals surface area contributed by atoms with E-state index in [0.717, 1.165) is 17.9 Å². The van der Waals surface area contributed by atoms with Crippen molar-refractivity contribution in [1.82, 2.24) is 0 Å². The molecule has 0 spiro atoms. The van der Waals surface area contributed by atoms with Gasteiger partial charge in [-0.25, -0.2) is 0 Å². The second-order valence-corrected chi connectivity index (χ2v) is 4.93. The van der Waals surface area contributed by atoms with Gasteiger partial charge in [-0.15, -0.1) is 0 Å². The van der Waals surface area contributed by atoms with E-state index in [1.54, 1.807) is 0 Å². The maximum absolute atomic E-state index is 2.46. The van der Waals surface area contributed by atoms with Crippen molar-refractivity contribution in [1.29, 1.82) is 0 Å². The Bertz CT molecular complexity index is 139. The molecule has 12 heavy (non-hydrogen) atoms. The van der Waals surface area contributed by atoms with Crippen molar-refractivity contribution >= 4 is 0 Å². The van der Waals surface area contributed by atoms with Crippen LogP contribution in [0.2, 0.25) is 0 Å². The molecule has 1 unspecified atom stereocenters. The summed E-state index contributed by atoms with van der Waals surface area (Å²) < 4.78 is 0. The fourth-order valence-corrected chi connectivity index (χ4v) is 3.55. The van der Waals surface area contributed by atoms with Gasteiger partial charge in [-0.1, -0.05) is 13.3 Å². The fourth-order valence-electron chi connectivity index (χ4n) is 3.55. The van der Waals surface area contributed by atoms with Crippen LogP contribution < -0.4 is 4.90 Å². The molecule has 0 aromatic heterocycles. The van der Waals surface area contributed by atoms with E-state index in [1.807, 2.05) is 4.90 Å². The van der Waals surface area contributed by atoms with E-state index in [4.69, 9.17) is 0 Å². The van der Waals surface area contributed by atoms with Crippen LogP contribution in [0.3, 0.4) is 0 Å². The van der Waals surface area contributed by atoms with Crippen LogP contribution in [0.4, 0.5) is 0 Å². The molecule has 1 N–H and O–H groups in total. The molecule has 0 aromatic rings. The average Bonchev–Trinajstić information content (AvgIpc) is 2.04. The van der Waals surface area contributed by atoms with Gasteiger partial charge in [-0.2, -0.15) is 0 Å². The van der Waals surface area contributed by atoms with Gasteiger partial charge in [0.05, 0.1) is 19.6 Å². The topological polar surface area (TPSA) is 4.44 Å². The SMILES string of the molecule is C[C@H]1CCC[C@@H]2CCC[NH+](C)[C@H]21. The minimum Gasteiger partial charge on any atom is -0.334 e. The molecular weight excluding hydrogens is 146 g/mol. The van der Waals surface area contributed by atoms with Crippen LogP contribution in [-0.4, -0.2) is 19.6 Å². The summed E-state index contributed by atoms with van der Waals surface area (Å²) in [6, 6.07) is 1.01. The number of rotatable bonds is 0. The van der Waals surface area contributed by atoms with Crippen LogP contribution in [0.1, 0.15) is 39.0 Å². The lowest BCUT2D eigenvalue weighted by Crippen LogP contribution is -3.15. The van der Waals surface area contributed by atoms with Gasteiger partial charge in [0.2, 0.25) is 0 Å². The summed E-state index contributed by atoms with van der Waals surface area (Å²) in [5.74, 6) is 2.06. The lowest BCUT2D eigenvalue weighted by Gasteiger charge is -2.42. The maximum atomic E-state index is 2.46. The van der Waals surface area contributed by atoms with Crippen LogP contribution in [-0.2, 0) is 0 Å². The molecule has 1 saturated carbocycles. The average molecular weight is 168 g/mol. The molecule has 0 amide bonds. The molecule has 1 saturated heterocycles. The van der Waals surface area contributed by atoms with Crippen molar-refractivity contribution in [2.45, 2.75) is 45.1 Å². The van der Waals surface area contributed by atoms with Crippen molar-refractivity contribution in [2.24, 2.45) is 11.8 Å². The summed E-state index contributed by atoms with van der Waals surface area (Å²) >= 11 is 0. The van der Waals surface area contributed by atoms with Gasteiger partial charge < -0.3 is 4.90 Å². The lowest BCUT2D eigenvalue weighted by atomic mass is 9.73. The van der Waals surface area contributed by atoms with Crippen LogP contribution in [0, 0.1) is 11.8 Å². The van der Waals surface area contributed by atoms with E-state index < -0.39 is 0 Å². The van der Waals surface area contributed by atoms with Crippen molar-refractivity contribution in [2.75, 3.05) is 13.6 Å². The summed E-state index contributed by atoms with van der Waals surface area (Å²) in [7, 11) is 2.40. The molecular formula is C11H22N+. The number of piperidine rings is 1. The third kappa shape index (κ3) is 1.39. The van der Waals surface area contributed by atoms with Crippen LogP contribution >= 0.6 is 0 Å². The van der Waals surface area contributed by atoms with E-state index in [2.05, 4.69) is 14.0 Å². The Labute approximate surface area is 76.1 Å². The first-order valence-corrected chi connectivity index (χ1v) is 5.61. The second-order valence-electron chi connectivity index (χ2n) is 4.93. The number of hydrogen-bond donors (Lipinski definition) is 1. The Hall–Kier alpha value is -0.0400. The standard InChI is InChI=1S/C11H21N/c1-9-5-3-6-10-7-4-8-12(2)11(9)10/h9-11H,3-8H2,1-2H3/p+1/t9-,10+,11-/m0/s1. The summed E-state index contributed by atoms with van der Waals surface area (Å²) in [5, 5.41) is 0. The zero-order chi connectivity index (χ0) is 8.55. The molecule has 1 aliphatic heterocycles. The summed E-state index contributed by atoms with van der Waals surface area (Å²) in [6.07, 6.45) is 7.49. The van der Waals surface area contributed by atoms with Gasteiger partial charge in [0.1, 0.15) is 0 Å². The van der Waals surface area contributed by atoms with Gasteiger partial charge in [0.15, 0.2) is 0 Å². The molecule has 70 valence electrons. The predicted molar refractivity (Wildman–Crippen MR) is 51.3 cm³/mol. The molecule has 1 heteroatoms. The van der Waals surface area contributed by atoms with Crippen molar-refractivity contribution in [3.05, 3.63) is 0 Å². The molecule has 2 rings (SSSR count). The van der Waals surface area contributed by atoms with E-state index in [-0.39, 0.29) is 0 Å². The first-order valence-electron chi connectivity index (χ1n) is 5.61. The third-order valence-electron chi connectivity index (χ3n) is 4.07. The van der Waals surface area contributed by atoms with Gasteiger partial charge in [-0.05, 0) is 25.7 Å². The third-order valence-corrected chi connectivity index (χ3v) is 4.07. The van der Waals surface area contributed by atoms with Gasteiger partial charge >= 0.3 is 0 Å². The van der Waals surface area contributed by atoms with Gasteiger partial charge in [0.25, 0.3) is 0 Å². The second kappa shape index (κ2) is 3.37. The van der Waals surface area contributed by atoms with E-state index in [0.29, 0.717) is 0 Å². The van der Waals surface area contributed by atoms with E-state index in [1.165, 1.54) is 38.6 Å². The molecule has 4 atom stereocenters. The zero-order valence-electron chi connectivity index (χ0n) is 8.47. The Balaban J connectivity index is 2.07. The minimum atomic E-state index is 0.990. The molecule has 1 aliphatic carbocycles. The van der Waals surface area contributed by atoms with Crippen LogP contribution in [0.5, 0.6) is 0 Å². The highest BCUT2D eigenvalue weighted by Crippen LogP contribution is 2.31. The van der Waals surface area contributed by atoms with Gasteiger partial charge in [-0.3, -0.25) is 0 Å². The molecule has 0 radical (unpaired) electrons. The molecule has 1 heterocycles. The Kier molecular flexibility index (Phi) is 2.40. The minimum absolute atomic E-state index is 0.990. The molecule has 0 bridgehead atoms.